The summed E-state index contributed by atoms with van der Waals surface area (Å²) in [6, 6.07) is 18.2. The Kier molecular flexibility index (Phi) is 4.89. The smallest absolute Gasteiger partial charge is 0.282 e. The van der Waals surface area contributed by atoms with E-state index in [-0.39, 0.29) is 5.56 Å². The summed E-state index contributed by atoms with van der Waals surface area (Å²) in [5.74, 6) is 2.24. The summed E-state index contributed by atoms with van der Waals surface area (Å²) >= 11 is 3.44. The number of benzene rings is 2. The number of thioether (sulfide) groups is 1. The van der Waals surface area contributed by atoms with Gasteiger partial charge in [-0.15, -0.1) is 23.1 Å². The number of aromatic nitrogens is 2. The minimum Gasteiger partial charge on any atom is -0.497 e. The summed E-state index contributed by atoms with van der Waals surface area (Å²) in [6.07, 6.45) is 3.19. The molecular formula is C23H20N2O2S2. The third kappa shape index (κ3) is 3.36. The lowest BCUT2D eigenvalue weighted by Gasteiger charge is -2.14. The van der Waals surface area contributed by atoms with Gasteiger partial charge in [0.1, 0.15) is 16.4 Å². The number of para-hydroxylation sites is 1. The highest BCUT2D eigenvalue weighted by Gasteiger charge is 2.24. The minimum atomic E-state index is -0.0862. The molecule has 5 rings (SSSR count). The lowest BCUT2D eigenvalue weighted by atomic mass is 10.2. The highest BCUT2D eigenvalue weighted by atomic mass is 32.2. The lowest BCUT2D eigenvalue weighted by Crippen LogP contribution is -2.17. The summed E-state index contributed by atoms with van der Waals surface area (Å²) in [7, 11) is 1.66. The normalized spacial score (nSPS) is 13.0. The first-order valence-corrected chi connectivity index (χ1v) is 11.4. The van der Waals surface area contributed by atoms with Crippen molar-refractivity contribution >= 4 is 33.3 Å². The first-order chi connectivity index (χ1) is 14.2. The molecule has 0 N–H and O–H groups in total. The molecule has 0 saturated carbocycles. The van der Waals surface area contributed by atoms with Gasteiger partial charge in [0.05, 0.1) is 18.2 Å². The van der Waals surface area contributed by atoms with Gasteiger partial charge in [-0.25, -0.2) is 0 Å². The molecule has 4 nitrogen and oxygen atoms in total. The van der Waals surface area contributed by atoms with Gasteiger partial charge in [0, 0.05) is 15.5 Å². The molecule has 4 aromatic rings. The van der Waals surface area contributed by atoms with E-state index < -0.39 is 0 Å². The highest BCUT2D eigenvalue weighted by molar-refractivity contribution is 7.98. The zero-order chi connectivity index (χ0) is 19.8. The Morgan fingerprint density at radius 2 is 1.90 bits per heavy atom. The van der Waals surface area contributed by atoms with Gasteiger partial charge in [-0.2, -0.15) is 4.98 Å². The van der Waals surface area contributed by atoms with Crippen molar-refractivity contribution in [3.63, 3.8) is 0 Å². The van der Waals surface area contributed by atoms with E-state index in [9.17, 15) is 4.79 Å². The van der Waals surface area contributed by atoms with Crippen molar-refractivity contribution in [3.05, 3.63) is 81.2 Å². The van der Waals surface area contributed by atoms with Crippen LogP contribution in [0.15, 0.2) is 64.3 Å². The molecule has 0 saturated heterocycles. The molecule has 1 aliphatic rings. The minimum absolute atomic E-state index is 0.0862. The number of thiophene rings is 1. The number of hydrogen-bond acceptors (Lipinski definition) is 5. The Morgan fingerprint density at radius 3 is 2.66 bits per heavy atom. The van der Waals surface area contributed by atoms with E-state index in [0.29, 0.717) is 5.75 Å². The van der Waals surface area contributed by atoms with Crippen LogP contribution in [0, 0.1) is 0 Å². The Balaban J connectivity index is 1.61. The number of methoxy groups -OCH3 is 1. The van der Waals surface area contributed by atoms with E-state index in [1.165, 1.54) is 10.4 Å². The molecule has 0 atom stereocenters. The second kappa shape index (κ2) is 7.69. The van der Waals surface area contributed by atoms with Gasteiger partial charge in [0.15, 0.2) is 0 Å². The molecule has 0 bridgehead atoms. The van der Waals surface area contributed by atoms with E-state index in [0.717, 1.165) is 51.6 Å². The molecule has 29 heavy (non-hydrogen) atoms. The molecule has 1 aliphatic carbocycles. The van der Waals surface area contributed by atoms with Crippen molar-refractivity contribution in [1.29, 1.82) is 0 Å². The predicted molar refractivity (Wildman–Crippen MR) is 120 cm³/mol. The Hall–Kier alpha value is -2.57. The van der Waals surface area contributed by atoms with Crippen molar-refractivity contribution in [2.75, 3.05) is 7.11 Å². The number of ether oxygens (including phenoxy) is 1. The molecule has 2 aromatic heterocycles. The maximum absolute atomic E-state index is 13.0. The quantitative estimate of drug-likeness (QED) is 0.414. The van der Waals surface area contributed by atoms with Crippen molar-refractivity contribution < 1.29 is 4.74 Å². The van der Waals surface area contributed by atoms with Crippen molar-refractivity contribution in [3.8, 4) is 11.4 Å². The first kappa shape index (κ1) is 18.5. The number of rotatable bonds is 5. The average molecular weight is 421 g/mol. The van der Waals surface area contributed by atoms with Crippen LogP contribution >= 0.6 is 23.1 Å². The molecule has 0 aliphatic heterocycles. The average Bonchev–Trinajstić information content (AvgIpc) is 3.34. The van der Waals surface area contributed by atoms with Crippen LogP contribution < -0.4 is 10.3 Å². The molecule has 2 heterocycles. The van der Waals surface area contributed by atoms with Gasteiger partial charge in [0.2, 0.25) is 0 Å². The Morgan fingerprint density at radius 1 is 1.10 bits per heavy atom. The molecule has 146 valence electrons. The predicted octanol–water partition coefficient (Wildman–Crippen LogP) is 5.24. The molecule has 0 spiro atoms. The maximum Gasteiger partial charge on any atom is 0.282 e. The topological polar surface area (TPSA) is 44.1 Å². The molecule has 6 heteroatoms. The standard InChI is InChI=1S/C23H20N2O2S2/c1-27-16-10-12-17(13-11-16)28-14-20-24-22(26)21-18-8-5-9-19(18)29-23(21)25(20)15-6-3-2-4-7-15/h2-4,6-7,10-13H,5,8-9,14H2,1H3. The second-order valence-electron chi connectivity index (χ2n) is 7.01. The van der Waals surface area contributed by atoms with Crippen LogP contribution in [0.3, 0.4) is 0 Å². The molecule has 0 fully saturated rings. The SMILES string of the molecule is COc1ccc(SCc2nc(=O)c3c4c(sc3n2-c2ccccc2)CCC4)cc1. The molecule has 0 amide bonds. The van der Waals surface area contributed by atoms with E-state index in [2.05, 4.69) is 21.7 Å². The highest BCUT2D eigenvalue weighted by Crippen LogP contribution is 2.37. The third-order valence-electron chi connectivity index (χ3n) is 5.25. The van der Waals surface area contributed by atoms with Crippen LogP contribution in [-0.4, -0.2) is 16.7 Å². The van der Waals surface area contributed by atoms with Gasteiger partial charge in [-0.05, 0) is 61.2 Å². The Bertz CT molecular complexity index is 1230. The van der Waals surface area contributed by atoms with Crippen LogP contribution in [0.1, 0.15) is 22.7 Å². The van der Waals surface area contributed by atoms with Gasteiger partial charge < -0.3 is 4.74 Å². The van der Waals surface area contributed by atoms with Crippen molar-refractivity contribution in [2.45, 2.75) is 29.9 Å². The second-order valence-corrected chi connectivity index (χ2v) is 9.14. The number of fused-ring (bicyclic) bond motifs is 3. The molecule has 0 radical (unpaired) electrons. The largest absolute Gasteiger partial charge is 0.497 e. The summed E-state index contributed by atoms with van der Waals surface area (Å²) in [6.45, 7) is 0. The first-order valence-electron chi connectivity index (χ1n) is 9.63. The van der Waals surface area contributed by atoms with E-state index in [1.54, 1.807) is 30.2 Å². The van der Waals surface area contributed by atoms with Gasteiger partial charge in [-0.3, -0.25) is 9.36 Å². The monoisotopic (exact) mass is 420 g/mol. The third-order valence-corrected chi connectivity index (χ3v) is 7.54. The van der Waals surface area contributed by atoms with Crippen LogP contribution in [0.4, 0.5) is 0 Å². The summed E-state index contributed by atoms with van der Waals surface area (Å²) < 4.78 is 7.41. The number of hydrogen-bond donors (Lipinski definition) is 0. The van der Waals surface area contributed by atoms with Gasteiger partial charge in [0.25, 0.3) is 5.56 Å². The fourth-order valence-electron chi connectivity index (χ4n) is 3.87. The number of aryl methyl sites for hydroxylation is 2. The van der Waals surface area contributed by atoms with Crippen LogP contribution in [0.2, 0.25) is 0 Å². The fraction of sp³-hybridized carbons (Fsp3) is 0.217. The molecular weight excluding hydrogens is 400 g/mol. The van der Waals surface area contributed by atoms with E-state index >= 15 is 0 Å². The maximum atomic E-state index is 13.0. The van der Waals surface area contributed by atoms with Crippen LogP contribution in [-0.2, 0) is 18.6 Å². The number of nitrogens with zero attached hydrogens (tertiary/aromatic N) is 2. The van der Waals surface area contributed by atoms with Gasteiger partial charge >= 0.3 is 0 Å². The fourth-order valence-corrected chi connectivity index (χ4v) is 6.11. The Labute approximate surface area is 177 Å². The lowest BCUT2D eigenvalue weighted by molar-refractivity contribution is 0.414. The van der Waals surface area contributed by atoms with Crippen molar-refractivity contribution in [1.82, 2.24) is 9.55 Å². The summed E-state index contributed by atoms with van der Waals surface area (Å²) in [5, 5.41) is 0.824. The van der Waals surface area contributed by atoms with Crippen LogP contribution in [0.25, 0.3) is 15.9 Å². The van der Waals surface area contributed by atoms with Crippen LogP contribution in [0.5, 0.6) is 5.75 Å². The summed E-state index contributed by atoms with van der Waals surface area (Å²) in [5.41, 5.74) is 2.19. The van der Waals surface area contributed by atoms with Crippen molar-refractivity contribution in [2.24, 2.45) is 0 Å². The van der Waals surface area contributed by atoms with E-state index in [1.807, 2.05) is 42.5 Å². The van der Waals surface area contributed by atoms with Gasteiger partial charge in [-0.1, -0.05) is 18.2 Å². The zero-order valence-electron chi connectivity index (χ0n) is 16.1. The zero-order valence-corrected chi connectivity index (χ0v) is 17.7. The molecule has 0 unspecified atom stereocenters. The van der Waals surface area contributed by atoms with E-state index in [4.69, 9.17) is 4.74 Å². The summed E-state index contributed by atoms with van der Waals surface area (Å²) in [4.78, 5) is 21.0. The molecule has 2 aromatic carbocycles.